The number of benzene rings is 3. The average Bonchev–Trinajstić information content (AvgIpc) is 3.26. The Labute approximate surface area is 213 Å². The number of amides is 1. The number of rotatable bonds is 9. The SMILES string of the molecule is Cc1cccc(NCc2nnc(S[C@H](C)C(=O)Nc3cc([N+](=O)[O-])ccc3C)n2-c2ccccc2)c1. The van der Waals surface area contributed by atoms with E-state index in [4.69, 9.17) is 0 Å². The second-order valence-electron chi connectivity index (χ2n) is 8.30. The van der Waals surface area contributed by atoms with Crippen LogP contribution in [-0.4, -0.2) is 30.8 Å². The van der Waals surface area contributed by atoms with Gasteiger partial charge in [0.2, 0.25) is 5.91 Å². The first-order chi connectivity index (χ1) is 17.3. The Balaban J connectivity index is 1.54. The summed E-state index contributed by atoms with van der Waals surface area (Å²) in [4.78, 5) is 23.6. The molecule has 0 aliphatic rings. The third kappa shape index (κ3) is 5.89. The summed E-state index contributed by atoms with van der Waals surface area (Å²) in [5.74, 6) is 0.415. The van der Waals surface area contributed by atoms with Gasteiger partial charge in [0.25, 0.3) is 5.69 Å². The molecule has 184 valence electrons. The number of aromatic nitrogens is 3. The number of nitrogens with one attached hydrogen (secondary N) is 2. The molecule has 0 fully saturated rings. The van der Waals surface area contributed by atoms with E-state index in [2.05, 4.69) is 26.9 Å². The van der Waals surface area contributed by atoms with Crippen LogP contribution in [0.5, 0.6) is 0 Å². The van der Waals surface area contributed by atoms with Crippen LogP contribution in [-0.2, 0) is 11.3 Å². The van der Waals surface area contributed by atoms with Gasteiger partial charge in [-0.25, -0.2) is 0 Å². The van der Waals surface area contributed by atoms with Crippen molar-refractivity contribution in [2.45, 2.75) is 37.7 Å². The molecule has 1 atom stereocenters. The minimum absolute atomic E-state index is 0.0780. The lowest BCUT2D eigenvalue weighted by Crippen LogP contribution is -2.23. The van der Waals surface area contributed by atoms with E-state index in [-0.39, 0.29) is 11.6 Å². The molecule has 3 aromatic carbocycles. The largest absolute Gasteiger partial charge is 0.378 e. The Morgan fingerprint density at radius 1 is 1.06 bits per heavy atom. The zero-order valence-electron chi connectivity index (χ0n) is 20.1. The molecule has 9 nitrogen and oxygen atoms in total. The zero-order chi connectivity index (χ0) is 25.7. The molecule has 4 aromatic rings. The Hall–Kier alpha value is -4.18. The van der Waals surface area contributed by atoms with Gasteiger partial charge in [0, 0.05) is 23.5 Å². The summed E-state index contributed by atoms with van der Waals surface area (Å²) in [5.41, 5.74) is 4.09. The second-order valence-corrected chi connectivity index (χ2v) is 9.61. The predicted molar refractivity (Wildman–Crippen MR) is 142 cm³/mol. The first-order valence-corrected chi connectivity index (χ1v) is 12.2. The summed E-state index contributed by atoms with van der Waals surface area (Å²) in [6.07, 6.45) is 0. The highest BCUT2D eigenvalue weighted by atomic mass is 32.2. The Morgan fingerprint density at radius 2 is 1.83 bits per heavy atom. The number of anilines is 2. The maximum absolute atomic E-state index is 13.0. The molecular formula is C26H26N6O3S. The number of aryl methyl sites for hydroxylation is 2. The van der Waals surface area contributed by atoms with Gasteiger partial charge >= 0.3 is 0 Å². The van der Waals surface area contributed by atoms with Crippen LogP contribution < -0.4 is 10.6 Å². The highest BCUT2D eigenvalue weighted by Gasteiger charge is 2.22. The van der Waals surface area contributed by atoms with Crippen molar-refractivity contribution in [1.29, 1.82) is 0 Å². The van der Waals surface area contributed by atoms with Crippen LogP contribution in [0.3, 0.4) is 0 Å². The number of nitro groups is 1. The first-order valence-electron chi connectivity index (χ1n) is 11.3. The maximum atomic E-state index is 13.0. The molecule has 0 saturated heterocycles. The fourth-order valence-electron chi connectivity index (χ4n) is 3.57. The highest BCUT2D eigenvalue weighted by molar-refractivity contribution is 8.00. The molecule has 2 N–H and O–H groups in total. The number of hydrogen-bond acceptors (Lipinski definition) is 7. The second kappa shape index (κ2) is 11.0. The number of nitrogens with zero attached hydrogens (tertiary/aromatic N) is 4. The number of carbonyl (C=O) groups excluding carboxylic acids is 1. The van der Waals surface area contributed by atoms with E-state index in [0.717, 1.165) is 22.5 Å². The molecule has 1 heterocycles. The van der Waals surface area contributed by atoms with E-state index >= 15 is 0 Å². The van der Waals surface area contributed by atoms with Crippen LogP contribution in [0, 0.1) is 24.0 Å². The zero-order valence-corrected chi connectivity index (χ0v) is 21.0. The molecule has 1 amide bonds. The van der Waals surface area contributed by atoms with Crippen molar-refractivity contribution in [2.24, 2.45) is 0 Å². The third-order valence-electron chi connectivity index (χ3n) is 5.52. The standard InChI is InChI=1S/C26H26N6O3S/c1-17-8-7-9-20(14-17)27-16-24-29-30-26(31(24)21-10-5-4-6-11-21)36-19(3)25(33)28-23-15-22(32(34)35)13-12-18(23)2/h4-15,19,27H,16H2,1-3H3,(H,28,33)/t19-/m1/s1. The van der Waals surface area contributed by atoms with Gasteiger partial charge in [-0.05, 0) is 56.2 Å². The first kappa shape index (κ1) is 24.9. The van der Waals surface area contributed by atoms with Crippen molar-refractivity contribution in [3.63, 3.8) is 0 Å². The van der Waals surface area contributed by atoms with Gasteiger partial charge in [0.15, 0.2) is 11.0 Å². The summed E-state index contributed by atoms with van der Waals surface area (Å²) in [6.45, 7) is 6.03. The molecule has 0 spiro atoms. The van der Waals surface area contributed by atoms with Crippen LogP contribution in [0.4, 0.5) is 17.1 Å². The molecule has 10 heteroatoms. The van der Waals surface area contributed by atoms with Crippen molar-refractivity contribution in [1.82, 2.24) is 14.8 Å². The van der Waals surface area contributed by atoms with E-state index in [1.165, 1.54) is 23.9 Å². The summed E-state index contributed by atoms with van der Waals surface area (Å²) >= 11 is 1.27. The van der Waals surface area contributed by atoms with Gasteiger partial charge in [0.05, 0.1) is 22.4 Å². The topological polar surface area (TPSA) is 115 Å². The molecule has 0 unspecified atom stereocenters. The van der Waals surface area contributed by atoms with Gasteiger partial charge in [-0.15, -0.1) is 10.2 Å². The number of thioether (sulfide) groups is 1. The molecule has 0 radical (unpaired) electrons. The summed E-state index contributed by atoms with van der Waals surface area (Å²) < 4.78 is 1.93. The normalized spacial score (nSPS) is 11.6. The molecule has 0 aliphatic heterocycles. The summed E-state index contributed by atoms with van der Waals surface area (Å²) in [7, 11) is 0. The van der Waals surface area contributed by atoms with Crippen LogP contribution >= 0.6 is 11.8 Å². The minimum Gasteiger partial charge on any atom is -0.378 e. The van der Waals surface area contributed by atoms with Crippen LogP contribution in [0.15, 0.2) is 78.0 Å². The number of nitro benzene ring substituents is 1. The van der Waals surface area contributed by atoms with Gasteiger partial charge in [-0.3, -0.25) is 19.5 Å². The van der Waals surface area contributed by atoms with Gasteiger partial charge in [0.1, 0.15) is 0 Å². The van der Waals surface area contributed by atoms with E-state index in [0.29, 0.717) is 23.2 Å². The molecule has 0 saturated carbocycles. The van der Waals surface area contributed by atoms with E-state index in [1.54, 1.807) is 19.9 Å². The lowest BCUT2D eigenvalue weighted by atomic mass is 10.2. The lowest BCUT2D eigenvalue weighted by Gasteiger charge is -2.15. The summed E-state index contributed by atoms with van der Waals surface area (Å²) in [5, 5.41) is 26.1. The number of non-ortho nitro benzene ring substituents is 1. The number of carbonyl (C=O) groups is 1. The fraction of sp³-hybridized carbons (Fsp3) is 0.192. The molecule has 1 aromatic heterocycles. The van der Waals surface area contributed by atoms with Gasteiger partial charge in [-0.2, -0.15) is 0 Å². The van der Waals surface area contributed by atoms with E-state index < -0.39 is 10.2 Å². The van der Waals surface area contributed by atoms with Crippen molar-refractivity contribution in [3.8, 4) is 5.69 Å². The van der Waals surface area contributed by atoms with Gasteiger partial charge in [-0.1, -0.05) is 48.2 Å². The average molecular weight is 503 g/mol. The third-order valence-corrected chi connectivity index (χ3v) is 6.57. The minimum atomic E-state index is -0.534. The van der Waals surface area contributed by atoms with Crippen LogP contribution in [0.1, 0.15) is 23.9 Å². The van der Waals surface area contributed by atoms with Crippen LogP contribution in [0.2, 0.25) is 0 Å². The molecular weight excluding hydrogens is 476 g/mol. The lowest BCUT2D eigenvalue weighted by molar-refractivity contribution is -0.384. The summed E-state index contributed by atoms with van der Waals surface area (Å²) in [6, 6.07) is 22.2. The van der Waals surface area contributed by atoms with Crippen molar-refractivity contribution in [3.05, 3.63) is 99.9 Å². The Kier molecular flexibility index (Phi) is 7.65. The number of para-hydroxylation sites is 1. The maximum Gasteiger partial charge on any atom is 0.271 e. The number of hydrogen-bond donors (Lipinski definition) is 2. The Bertz CT molecular complexity index is 1390. The molecule has 0 bridgehead atoms. The quantitative estimate of drug-likeness (QED) is 0.176. The highest BCUT2D eigenvalue weighted by Crippen LogP contribution is 2.28. The van der Waals surface area contributed by atoms with Crippen molar-refractivity contribution >= 4 is 34.7 Å². The van der Waals surface area contributed by atoms with Crippen molar-refractivity contribution < 1.29 is 9.72 Å². The smallest absolute Gasteiger partial charge is 0.271 e. The predicted octanol–water partition coefficient (Wildman–Crippen LogP) is 5.52. The fourth-order valence-corrected chi connectivity index (χ4v) is 4.45. The molecule has 4 rings (SSSR count). The van der Waals surface area contributed by atoms with E-state index in [9.17, 15) is 14.9 Å². The van der Waals surface area contributed by atoms with E-state index in [1.807, 2.05) is 60.0 Å². The van der Waals surface area contributed by atoms with Gasteiger partial charge < -0.3 is 10.6 Å². The molecule has 36 heavy (non-hydrogen) atoms. The van der Waals surface area contributed by atoms with Crippen LogP contribution in [0.25, 0.3) is 5.69 Å². The Morgan fingerprint density at radius 3 is 2.56 bits per heavy atom. The van der Waals surface area contributed by atoms with Crippen molar-refractivity contribution in [2.75, 3.05) is 10.6 Å². The molecule has 0 aliphatic carbocycles. The monoisotopic (exact) mass is 502 g/mol.